The molecular weight excluding hydrogens is 190 g/mol. The molecular formula is C11H19N3O. The number of aryl methyl sites for hydroxylation is 1. The van der Waals surface area contributed by atoms with Gasteiger partial charge in [-0.1, -0.05) is 0 Å². The van der Waals surface area contributed by atoms with Gasteiger partial charge in [-0.25, -0.2) is 4.98 Å². The molecule has 1 aliphatic heterocycles. The molecule has 1 saturated heterocycles. The molecule has 2 rings (SSSR count). The topological polar surface area (TPSA) is 41.3 Å². The number of rotatable bonds is 4. The zero-order valence-electron chi connectivity index (χ0n) is 9.49. The van der Waals surface area contributed by atoms with Crippen LogP contribution in [0.1, 0.15) is 18.1 Å². The molecule has 0 amide bonds. The average molecular weight is 209 g/mol. The van der Waals surface area contributed by atoms with Crippen LogP contribution in [0.4, 0.5) is 0 Å². The second kappa shape index (κ2) is 4.77. The lowest BCUT2D eigenvalue weighted by atomic mass is 10.1. The highest BCUT2D eigenvalue weighted by atomic mass is 16.4. The van der Waals surface area contributed by atoms with Gasteiger partial charge in [0.05, 0.1) is 12.7 Å². The fourth-order valence-electron chi connectivity index (χ4n) is 2.18. The van der Waals surface area contributed by atoms with Crippen molar-refractivity contribution in [1.82, 2.24) is 15.2 Å². The smallest absolute Gasteiger partial charge is 0.208 e. The van der Waals surface area contributed by atoms with Crippen molar-refractivity contribution in [2.24, 2.45) is 5.92 Å². The molecule has 1 aromatic rings. The molecule has 0 aromatic carbocycles. The van der Waals surface area contributed by atoms with Gasteiger partial charge in [-0.15, -0.1) is 0 Å². The summed E-state index contributed by atoms with van der Waals surface area (Å²) in [4.78, 5) is 6.64. The van der Waals surface area contributed by atoms with Gasteiger partial charge < -0.3 is 9.73 Å². The third kappa shape index (κ3) is 2.79. The fourth-order valence-corrected chi connectivity index (χ4v) is 2.18. The van der Waals surface area contributed by atoms with Crippen LogP contribution in [0.25, 0.3) is 0 Å². The van der Waals surface area contributed by atoms with Crippen molar-refractivity contribution in [1.29, 1.82) is 0 Å². The van der Waals surface area contributed by atoms with E-state index in [-0.39, 0.29) is 0 Å². The second-order valence-electron chi connectivity index (χ2n) is 4.31. The van der Waals surface area contributed by atoms with Crippen molar-refractivity contribution in [3.63, 3.8) is 0 Å². The highest BCUT2D eigenvalue weighted by molar-refractivity contribution is 4.91. The maximum Gasteiger partial charge on any atom is 0.208 e. The van der Waals surface area contributed by atoms with E-state index < -0.39 is 0 Å². The quantitative estimate of drug-likeness (QED) is 0.804. The van der Waals surface area contributed by atoms with Gasteiger partial charge in [0.1, 0.15) is 5.76 Å². The van der Waals surface area contributed by atoms with Gasteiger partial charge in [0.2, 0.25) is 5.89 Å². The van der Waals surface area contributed by atoms with Gasteiger partial charge in [0.15, 0.2) is 0 Å². The van der Waals surface area contributed by atoms with E-state index in [9.17, 15) is 0 Å². The number of aromatic nitrogens is 1. The van der Waals surface area contributed by atoms with Crippen molar-refractivity contribution in [2.75, 3.05) is 26.7 Å². The van der Waals surface area contributed by atoms with Gasteiger partial charge in [-0.05, 0) is 39.4 Å². The first-order chi connectivity index (χ1) is 7.28. The first kappa shape index (κ1) is 10.6. The Morgan fingerprint density at radius 1 is 1.67 bits per heavy atom. The monoisotopic (exact) mass is 209 g/mol. The van der Waals surface area contributed by atoms with Crippen LogP contribution in [-0.4, -0.2) is 36.6 Å². The Morgan fingerprint density at radius 2 is 2.53 bits per heavy atom. The molecule has 1 N–H and O–H groups in total. The normalized spacial score (nSPS) is 22.4. The lowest BCUT2D eigenvalue weighted by molar-refractivity contribution is 0.277. The van der Waals surface area contributed by atoms with Crippen molar-refractivity contribution < 1.29 is 4.42 Å². The van der Waals surface area contributed by atoms with E-state index in [1.54, 1.807) is 6.20 Å². The Kier molecular flexibility index (Phi) is 3.38. The zero-order chi connectivity index (χ0) is 10.7. The minimum Gasteiger partial charge on any atom is -0.445 e. The van der Waals surface area contributed by atoms with Crippen LogP contribution < -0.4 is 5.32 Å². The summed E-state index contributed by atoms with van der Waals surface area (Å²) < 4.78 is 5.47. The standard InChI is InChI=1S/C11H19N3O/c1-9-5-13-11(15-9)8-14-4-3-10(7-14)6-12-2/h5,10,12H,3-4,6-8H2,1-2H3. The van der Waals surface area contributed by atoms with E-state index in [4.69, 9.17) is 4.42 Å². The minimum atomic E-state index is 0.783. The molecule has 0 bridgehead atoms. The number of hydrogen-bond donors (Lipinski definition) is 1. The predicted molar refractivity (Wildman–Crippen MR) is 58.6 cm³/mol. The number of likely N-dealkylation sites (tertiary alicyclic amines) is 1. The first-order valence-corrected chi connectivity index (χ1v) is 5.56. The fraction of sp³-hybridized carbons (Fsp3) is 0.727. The van der Waals surface area contributed by atoms with Gasteiger partial charge in [-0.3, -0.25) is 4.90 Å². The Morgan fingerprint density at radius 3 is 3.20 bits per heavy atom. The van der Waals surface area contributed by atoms with Gasteiger partial charge in [0, 0.05) is 6.54 Å². The van der Waals surface area contributed by atoms with Crippen LogP contribution in [0.2, 0.25) is 0 Å². The van der Waals surface area contributed by atoms with E-state index in [0.717, 1.165) is 43.7 Å². The van der Waals surface area contributed by atoms with Crippen LogP contribution in [-0.2, 0) is 6.54 Å². The Hall–Kier alpha value is -0.870. The molecule has 4 nitrogen and oxygen atoms in total. The maximum absolute atomic E-state index is 5.47. The molecule has 0 saturated carbocycles. The molecule has 1 aliphatic rings. The maximum atomic E-state index is 5.47. The zero-order valence-corrected chi connectivity index (χ0v) is 9.49. The first-order valence-electron chi connectivity index (χ1n) is 5.56. The highest BCUT2D eigenvalue weighted by Gasteiger charge is 2.22. The Bertz CT molecular complexity index is 311. The van der Waals surface area contributed by atoms with Gasteiger partial charge >= 0.3 is 0 Å². The summed E-state index contributed by atoms with van der Waals surface area (Å²) in [7, 11) is 2.01. The van der Waals surface area contributed by atoms with Crippen molar-refractivity contribution in [3.8, 4) is 0 Å². The van der Waals surface area contributed by atoms with Crippen LogP contribution in [0.5, 0.6) is 0 Å². The van der Waals surface area contributed by atoms with Gasteiger partial charge in [-0.2, -0.15) is 0 Å². The molecule has 4 heteroatoms. The lowest BCUT2D eigenvalue weighted by Crippen LogP contribution is -2.24. The summed E-state index contributed by atoms with van der Waals surface area (Å²) in [6, 6.07) is 0. The van der Waals surface area contributed by atoms with Crippen molar-refractivity contribution in [2.45, 2.75) is 19.9 Å². The Labute approximate surface area is 90.7 Å². The molecule has 1 fully saturated rings. The molecule has 1 unspecified atom stereocenters. The number of nitrogens with one attached hydrogen (secondary N) is 1. The van der Waals surface area contributed by atoms with E-state index in [1.807, 2.05) is 14.0 Å². The lowest BCUT2D eigenvalue weighted by Gasteiger charge is -2.13. The largest absolute Gasteiger partial charge is 0.445 e. The average Bonchev–Trinajstić information content (AvgIpc) is 2.78. The summed E-state index contributed by atoms with van der Waals surface area (Å²) in [5.74, 6) is 2.53. The number of oxazole rings is 1. The van der Waals surface area contributed by atoms with Crippen LogP contribution in [0.15, 0.2) is 10.6 Å². The highest BCUT2D eigenvalue weighted by Crippen LogP contribution is 2.17. The van der Waals surface area contributed by atoms with Crippen molar-refractivity contribution in [3.05, 3.63) is 17.8 Å². The summed E-state index contributed by atoms with van der Waals surface area (Å²) >= 11 is 0. The van der Waals surface area contributed by atoms with Crippen LogP contribution >= 0.6 is 0 Å². The summed E-state index contributed by atoms with van der Waals surface area (Å²) in [5.41, 5.74) is 0. The predicted octanol–water partition coefficient (Wildman–Crippen LogP) is 1.02. The summed E-state index contributed by atoms with van der Waals surface area (Å²) in [6.07, 6.45) is 3.07. The molecule has 2 heterocycles. The van der Waals surface area contributed by atoms with Crippen LogP contribution in [0, 0.1) is 12.8 Å². The Balaban J connectivity index is 1.82. The molecule has 84 valence electrons. The van der Waals surface area contributed by atoms with Crippen LogP contribution in [0.3, 0.4) is 0 Å². The van der Waals surface area contributed by atoms with E-state index in [1.165, 1.54) is 6.42 Å². The van der Waals surface area contributed by atoms with E-state index >= 15 is 0 Å². The summed E-state index contributed by atoms with van der Waals surface area (Å²) in [6.45, 7) is 6.22. The van der Waals surface area contributed by atoms with E-state index in [2.05, 4.69) is 15.2 Å². The third-order valence-electron chi connectivity index (χ3n) is 2.89. The van der Waals surface area contributed by atoms with Crippen molar-refractivity contribution >= 4 is 0 Å². The third-order valence-corrected chi connectivity index (χ3v) is 2.89. The van der Waals surface area contributed by atoms with E-state index in [0.29, 0.717) is 0 Å². The molecule has 1 atom stereocenters. The molecule has 0 radical (unpaired) electrons. The molecule has 15 heavy (non-hydrogen) atoms. The summed E-state index contributed by atoms with van der Waals surface area (Å²) in [5, 5.41) is 3.23. The van der Waals surface area contributed by atoms with Gasteiger partial charge in [0.25, 0.3) is 0 Å². The number of nitrogens with zero attached hydrogens (tertiary/aromatic N) is 2. The molecule has 0 spiro atoms. The molecule has 0 aliphatic carbocycles. The minimum absolute atomic E-state index is 0.783. The second-order valence-corrected chi connectivity index (χ2v) is 4.31. The SMILES string of the molecule is CNCC1CCN(Cc2ncc(C)o2)C1. The number of hydrogen-bond acceptors (Lipinski definition) is 4. The molecule has 1 aromatic heterocycles.